The zero-order chi connectivity index (χ0) is 40.2. The normalized spacial score (nSPS) is 21.9. The molecule has 306 valence electrons. The standard InChI is InChI=1S/C45H66O10/c1-3-5-7-9-11-13-15-17-19-21-23-25-27-29-31-33-40(47)52-36-38(37-53-45-44(51)43(50)42(49)39(35-46)55-45)54-41(48)34-32-30-28-26-24-22-20-18-16-14-12-10-8-6-4-2/h5-8,11-14,17-20,23-26,29-32,38-39,42-46,49-51H,3-4,9-10,15-16,21-22,27-28,33-37H2,1-2H3/b7-5+,8-6+,13-11+,14-12+,19-17+,20-18+,25-23+,26-24+,31-29+,32-30+/t38-,39-,42+,43+,44-,45-/m1/s1. The second-order valence-corrected chi connectivity index (χ2v) is 12.6. The molecule has 0 amide bonds. The van der Waals surface area contributed by atoms with Crippen molar-refractivity contribution in [2.45, 2.75) is 128 Å². The Balaban J connectivity index is 2.54. The zero-order valence-electron chi connectivity index (χ0n) is 32.9. The summed E-state index contributed by atoms with van der Waals surface area (Å²) < 4.78 is 21.8. The number of hydrogen-bond donors (Lipinski definition) is 4. The Morgan fingerprint density at radius 1 is 0.527 bits per heavy atom. The summed E-state index contributed by atoms with van der Waals surface area (Å²) in [5, 5.41) is 39.9. The highest BCUT2D eigenvalue weighted by Crippen LogP contribution is 2.22. The molecule has 0 aromatic rings. The summed E-state index contributed by atoms with van der Waals surface area (Å²) >= 11 is 0. The van der Waals surface area contributed by atoms with Crippen molar-refractivity contribution >= 4 is 11.9 Å². The number of esters is 2. The van der Waals surface area contributed by atoms with Gasteiger partial charge in [0, 0.05) is 0 Å². The van der Waals surface area contributed by atoms with Crippen molar-refractivity contribution in [1.82, 2.24) is 0 Å². The van der Waals surface area contributed by atoms with Crippen molar-refractivity contribution in [3.63, 3.8) is 0 Å². The second kappa shape index (κ2) is 34.6. The van der Waals surface area contributed by atoms with E-state index in [1.54, 1.807) is 12.2 Å². The van der Waals surface area contributed by atoms with Crippen molar-refractivity contribution < 1.29 is 49.0 Å². The van der Waals surface area contributed by atoms with Crippen LogP contribution in [-0.2, 0) is 28.5 Å². The van der Waals surface area contributed by atoms with Gasteiger partial charge in [0.2, 0.25) is 0 Å². The maximum Gasteiger partial charge on any atom is 0.310 e. The first-order valence-electron chi connectivity index (χ1n) is 19.6. The Bertz CT molecular complexity index is 1300. The SMILES string of the molecule is CC/C=C/C/C=C/C/C=C/C/C=C/C/C=C/CC(=O)OC[C@H](CO[C@@H]1O[C@H](CO)[C@H](O)[C@H](O)[C@H]1O)OC(=O)C/C=C/C/C=C/C/C=C/C/C=C/C/C=C/CC. The molecule has 1 aliphatic rings. The van der Waals surface area contributed by atoms with Gasteiger partial charge in [-0.15, -0.1) is 0 Å². The number of aliphatic hydroxyl groups excluding tert-OH is 4. The second-order valence-electron chi connectivity index (χ2n) is 12.6. The number of hydrogen-bond acceptors (Lipinski definition) is 10. The molecule has 0 radical (unpaired) electrons. The van der Waals surface area contributed by atoms with Gasteiger partial charge in [-0.25, -0.2) is 0 Å². The number of allylic oxidation sites excluding steroid dienone is 18. The predicted octanol–water partition coefficient (Wildman–Crippen LogP) is 7.54. The molecule has 10 heteroatoms. The third-order valence-electron chi connectivity index (χ3n) is 7.91. The fourth-order valence-corrected chi connectivity index (χ4v) is 4.86. The van der Waals surface area contributed by atoms with Crippen LogP contribution in [-0.4, -0.2) is 89.0 Å². The monoisotopic (exact) mass is 766 g/mol. The van der Waals surface area contributed by atoms with E-state index in [0.717, 1.165) is 51.4 Å². The van der Waals surface area contributed by atoms with E-state index in [4.69, 9.17) is 18.9 Å². The number of aliphatic hydroxyl groups is 4. The van der Waals surface area contributed by atoms with Gasteiger partial charge in [0.15, 0.2) is 12.4 Å². The number of carbonyl (C=O) groups is 2. The van der Waals surface area contributed by atoms with Gasteiger partial charge in [0.05, 0.1) is 26.1 Å². The summed E-state index contributed by atoms with van der Waals surface area (Å²) in [6.45, 7) is 2.94. The minimum Gasteiger partial charge on any atom is -0.461 e. The van der Waals surface area contributed by atoms with E-state index in [1.165, 1.54) is 0 Å². The lowest BCUT2D eigenvalue weighted by molar-refractivity contribution is -0.305. The van der Waals surface area contributed by atoms with Crippen LogP contribution in [0.25, 0.3) is 0 Å². The molecule has 0 aromatic carbocycles. The van der Waals surface area contributed by atoms with Gasteiger partial charge in [-0.1, -0.05) is 135 Å². The molecular weight excluding hydrogens is 700 g/mol. The first kappa shape index (κ1) is 49.1. The molecule has 0 aliphatic carbocycles. The summed E-state index contributed by atoms with van der Waals surface area (Å²) in [4.78, 5) is 25.1. The van der Waals surface area contributed by atoms with Gasteiger partial charge in [-0.2, -0.15) is 0 Å². The van der Waals surface area contributed by atoms with Crippen LogP contribution in [0.3, 0.4) is 0 Å². The minimum absolute atomic E-state index is 0.0157. The summed E-state index contributed by atoms with van der Waals surface area (Å²) in [5.41, 5.74) is 0. The highest BCUT2D eigenvalue weighted by atomic mass is 16.7. The van der Waals surface area contributed by atoms with Gasteiger partial charge in [-0.05, 0) is 64.2 Å². The van der Waals surface area contributed by atoms with Gasteiger partial charge in [-0.3, -0.25) is 9.59 Å². The van der Waals surface area contributed by atoms with Crippen LogP contribution < -0.4 is 0 Å². The molecule has 4 N–H and O–H groups in total. The first-order valence-corrected chi connectivity index (χ1v) is 19.6. The summed E-state index contributed by atoms with van der Waals surface area (Å²) in [5.74, 6) is -1.12. The molecule has 10 nitrogen and oxygen atoms in total. The van der Waals surface area contributed by atoms with E-state index in [2.05, 4.69) is 92.8 Å². The molecule has 0 aromatic heterocycles. The lowest BCUT2D eigenvalue weighted by Crippen LogP contribution is -2.59. The Kier molecular flexibility index (Phi) is 30.9. The van der Waals surface area contributed by atoms with Crippen LogP contribution >= 0.6 is 0 Å². The number of ether oxygens (including phenoxy) is 4. The molecule has 1 rings (SSSR count). The van der Waals surface area contributed by atoms with Crippen LogP contribution in [0.1, 0.15) is 90.9 Å². The van der Waals surface area contributed by atoms with Crippen molar-refractivity contribution in [1.29, 1.82) is 0 Å². The van der Waals surface area contributed by atoms with E-state index in [0.29, 0.717) is 12.8 Å². The maximum absolute atomic E-state index is 12.7. The van der Waals surface area contributed by atoms with Crippen LogP contribution in [0.5, 0.6) is 0 Å². The molecule has 0 unspecified atom stereocenters. The molecule has 6 atom stereocenters. The first-order chi connectivity index (χ1) is 26.8. The van der Waals surface area contributed by atoms with E-state index in [1.807, 2.05) is 30.4 Å². The average Bonchev–Trinajstić information content (AvgIpc) is 3.18. The van der Waals surface area contributed by atoms with Gasteiger partial charge in [0.25, 0.3) is 0 Å². The Morgan fingerprint density at radius 3 is 1.31 bits per heavy atom. The summed E-state index contributed by atoms with van der Waals surface area (Å²) in [6.07, 6.45) is 41.2. The molecular formula is C45H66O10. The maximum atomic E-state index is 12.7. The van der Waals surface area contributed by atoms with Crippen molar-refractivity contribution in [2.75, 3.05) is 19.8 Å². The van der Waals surface area contributed by atoms with E-state index < -0.39 is 55.4 Å². The fourth-order valence-electron chi connectivity index (χ4n) is 4.86. The molecule has 0 bridgehead atoms. The summed E-state index contributed by atoms with van der Waals surface area (Å²) in [7, 11) is 0. The number of rotatable bonds is 29. The van der Waals surface area contributed by atoms with Crippen LogP contribution in [0.15, 0.2) is 122 Å². The average molecular weight is 767 g/mol. The van der Waals surface area contributed by atoms with E-state index in [9.17, 15) is 30.0 Å². The minimum atomic E-state index is -1.63. The fraction of sp³-hybridized carbons (Fsp3) is 0.511. The number of carbonyl (C=O) groups excluding carboxylic acids is 2. The van der Waals surface area contributed by atoms with Crippen molar-refractivity contribution in [2.24, 2.45) is 0 Å². The third kappa shape index (κ3) is 26.5. The lowest BCUT2D eigenvalue weighted by Gasteiger charge is -2.39. The third-order valence-corrected chi connectivity index (χ3v) is 7.91. The topological polar surface area (TPSA) is 152 Å². The van der Waals surface area contributed by atoms with Crippen LogP contribution in [0, 0.1) is 0 Å². The highest BCUT2D eigenvalue weighted by Gasteiger charge is 2.44. The lowest BCUT2D eigenvalue weighted by atomic mass is 9.99. The zero-order valence-corrected chi connectivity index (χ0v) is 32.9. The summed E-state index contributed by atoms with van der Waals surface area (Å²) in [6, 6.07) is 0. The van der Waals surface area contributed by atoms with Crippen molar-refractivity contribution in [3.05, 3.63) is 122 Å². The molecule has 0 spiro atoms. The highest BCUT2D eigenvalue weighted by molar-refractivity contribution is 5.72. The molecule has 55 heavy (non-hydrogen) atoms. The molecule has 0 saturated carbocycles. The Hall–Kier alpha value is -3.90. The van der Waals surface area contributed by atoms with Gasteiger partial charge >= 0.3 is 11.9 Å². The van der Waals surface area contributed by atoms with Gasteiger partial charge < -0.3 is 39.4 Å². The van der Waals surface area contributed by atoms with Crippen LogP contribution in [0.2, 0.25) is 0 Å². The van der Waals surface area contributed by atoms with Gasteiger partial charge in [0.1, 0.15) is 31.0 Å². The Morgan fingerprint density at radius 2 is 0.909 bits per heavy atom. The van der Waals surface area contributed by atoms with E-state index >= 15 is 0 Å². The molecule has 1 saturated heterocycles. The van der Waals surface area contributed by atoms with Crippen molar-refractivity contribution in [3.8, 4) is 0 Å². The molecule has 1 fully saturated rings. The van der Waals surface area contributed by atoms with E-state index in [-0.39, 0.29) is 26.1 Å². The molecule has 1 heterocycles. The molecule has 1 aliphatic heterocycles. The van der Waals surface area contributed by atoms with Crippen LogP contribution in [0.4, 0.5) is 0 Å². The largest absolute Gasteiger partial charge is 0.461 e. The Labute approximate surface area is 329 Å². The smallest absolute Gasteiger partial charge is 0.310 e. The quantitative estimate of drug-likeness (QED) is 0.0444. The predicted molar refractivity (Wildman–Crippen MR) is 219 cm³/mol.